The summed E-state index contributed by atoms with van der Waals surface area (Å²) in [5.74, 6) is 0.168. The number of hydrogen-bond acceptors (Lipinski definition) is 8. The second-order valence-electron chi connectivity index (χ2n) is 5.71. The predicted molar refractivity (Wildman–Crippen MR) is 84.7 cm³/mol. The quantitative estimate of drug-likeness (QED) is 0.749. The first-order valence-corrected chi connectivity index (χ1v) is 8.20. The van der Waals surface area contributed by atoms with Crippen LogP contribution < -0.4 is 10.2 Å². The lowest BCUT2D eigenvalue weighted by Crippen LogP contribution is -2.45. The van der Waals surface area contributed by atoms with Crippen LogP contribution in [0.4, 0.5) is 16.2 Å². The van der Waals surface area contributed by atoms with Gasteiger partial charge in [0.05, 0.1) is 51.4 Å². The van der Waals surface area contributed by atoms with Gasteiger partial charge in [-0.25, -0.2) is 9.37 Å². The van der Waals surface area contributed by atoms with Crippen LogP contribution in [0.1, 0.15) is 6.42 Å². The molecule has 2 fully saturated rings. The zero-order chi connectivity index (χ0) is 16.8. The Morgan fingerprint density at radius 1 is 1.33 bits per heavy atom. The number of hydrogen-bond donors (Lipinski definition) is 2. The Labute approximate surface area is 139 Å². The zero-order valence-corrected chi connectivity index (χ0v) is 13.5. The van der Waals surface area contributed by atoms with Gasteiger partial charge < -0.3 is 29.5 Å². The van der Waals surface area contributed by atoms with Crippen LogP contribution in [-0.2, 0) is 14.2 Å². The van der Waals surface area contributed by atoms with E-state index in [0.29, 0.717) is 45.5 Å². The second kappa shape index (κ2) is 8.52. The van der Waals surface area contributed by atoms with Gasteiger partial charge in [0.25, 0.3) is 0 Å². The van der Waals surface area contributed by atoms with Gasteiger partial charge in [-0.05, 0) is 6.42 Å². The van der Waals surface area contributed by atoms with E-state index in [1.807, 2.05) is 4.90 Å². The first kappa shape index (κ1) is 17.3. The normalized spacial score (nSPS) is 24.8. The number of ether oxygens (including phenoxy) is 3. The largest absolute Gasteiger partial charge is 0.394 e. The Bertz CT molecular complexity index is 530. The summed E-state index contributed by atoms with van der Waals surface area (Å²) in [7, 11) is 0. The van der Waals surface area contributed by atoms with Crippen molar-refractivity contribution < 1.29 is 23.7 Å². The minimum Gasteiger partial charge on any atom is -0.394 e. The van der Waals surface area contributed by atoms with Crippen molar-refractivity contribution in [3.05, 3.63) is 12.0 Å². The summed E-state index contributed by atoms with van der Waals surface area (Å²) in [4.78, 5) is 10.2. The fourth-order valence-electron chi connectivity index (χ4n) is 2.85. The number of halogens is 1. The molecule has 9 heteroatoms. The molecule has 1 aromatic heterocycles. The molecule has 134 valence electrons. The van der Waals surface area contributed by atoms with Crippen LogP contribution in [0, 0.1) is 5.82 Å². The summed E-state index contributed by atoms with van der Waals surface area (Å²) in [5.41, 5.74) is 0. The second-order valence-corrected chi connectivity index (χ2v) is 5.71. The number of nitrogens with zero attached hydrogens (tertiary/aromatic N) is 3. The highest BCUT2D eigenvalue weighted by Gasteiger charge is 2.27. The molecule has 0 aliphatic carbocycles. The molecule has 0 radical (unpaired) electrons. The summed E-state index contributed by atoms with van der Waals surface area (Å²) >= 11 is 0. The minimum absolute atomic E-state index is 0.0295. The van der Waals surface area contributed by atoms with Crippen molar-refractivity contribution >= 4 is 11.8 Å². The van der Waals surface area contributed by atoms with Gasteiger partial charge in [0.2, 0.25) is 5.95 Å². The molecule has 1 aromatic rings. The van der Waals surface area contributed by atoms with Crippen LogP contribution in [-0.4, -0.2) is 80.0 Å². The molecule has 2 aliphatic rings. The fourth-order valence-corrected chi connectivity index (χ4v) is 2.85. The highest BCUT2D eigenvalue weighted by molar-refractivity contribution is 5.44. The first-order valence-electron chi connectivity index (χ1n) is 8.20. The van der Waals surface area contributed by atoms with Gasteiger partial charge in [0.15, 0.2) is 11.6 Å². The van der Waals surface area contributed by atoms with Gasteiger partial charge in [-0.3, -0.25) is 0 Å². The Morgan fingerprint density at radius 3 is 2.96 bits per heavy atom. The molecular weight excluding hydrogens is 319 g/mol. The van der Waals surface area contributed by atoms with Crippen LogP contribution in [0.5, 0.6) is 0 Å². The molecule has 2 saturated heterocycles. The first-order chi connectivity index (χ1) is 11.8. The third-order valence-electron chi connectivity index (χ3n) is 4.07. The van der Waals surface area contributed by atoms with E-state index in [9.17, 15) is 4.39 Å². The lowest BCUT2D eigenvalue weighted by Gasteiger charge is -2.32. The van der Waals surface area contributed by atoms with Crippen LogP contribution in [0.2, 0.25) is 0 Å². The minimum atomic E-state index is -0.449. The molecule has 0 amide bonds. The number of aliphatic hydroxyl groups is 1. The van der Waals surface area contributed by atoms with E-state index in [2.05, 4.69) is 15.3 Å². The van der Waals surface area contributed by atoms with Crippen molar-refractivity contribution in [3.8, 4) is 0 Å². The van der Waals surface area contributed by atoms with Crippen molar-refractivity contribution in [3.63, 3.8) is 0 Å². The predicted octanol–water partition coefficient (Wildman–Crippen LogP) is 0.0306. The smallest absolute Gasteiger partial charge is 0.225 e. The number of aromatic nitrogens is 2. The molecule has 2 N–H and O–H groups in total. The number of rotatable bonds is 6. The SMILES string of the molecule is OCCO[C@@H]1CCOC[C@@H]1Nc1ncc(F)c(N2CCOCC2)n1. The molecule has 0 aromatic carbocycles. The number of morpholine rings is 1. The number of anilines is 2. The maximum Gasteiger partial charge on any atom is 0.225 e. The molecular formula is C15H23FN4O4. The molecule has 24 heavy (non-hydrogen) atoms. The van der Waals surface area contributed by atoms with Gasteiger partial charge in [-0.2, -0.15) is 4.98 Å². The average Bonchev–Trinajstić information content (AvgIpc) is 2.63. The number of aliphatic hydroxyl groups excluding tert-OH is 1. The van der Waals surface area contributed by atoms with E-state index in [1.165, 1.54) is 6.20 Å². The van der Waals surface area contributed by atoms with Gasteiger partial charge in [0.1, 0.15) is 0 Å². The fraction of sp³-hybridized carbons (Fsp3) is 0.733. The third kappa shape index (κ3) is 4.29. The molecule has 3 rings (SSSR count). The Morgan fingerprint density at radius 2 is 2.17 bits per heavy atom. The van der Waals surface area contributed by atoms with Crippen LogP contribution >= 0.6 is 0 Å². The standard InChI is InChI=1S/C15H23FN4O4/c16-11-9-17-15(19-14(11)20-2-6-22-7-3-20)18-12-10-23-5-1-13(12)24-8-4-21/h9,12-13,21H,1-8,10H2,(H,17,18,19)/t12-,13+/m0/s1. The Hall–Kier alpha value is -1.55. The maximum atomic E-state index is 14.1. The number of nitrogens with one attached hydrogen (secondary N) is 1. The van der Waals surface area contributed by atoms with Crippen molar-refractivity contribution in [2.75, 3.05) is 62.9 Å². The summed E-state index contributed by atoms with van der Waals surface area (Å²) in [6, 6.07) is -0.145. The van der Waals surface area contributed by atoms with E-state index in [1.54, 1.807) is 0 Å². The maximum absolute atomic E-state index is 14.1. The lowest BCUT2D eigenvalue weighted by atomic mass is 10.1. The summed E-state index contributed by atoms with van der Waals surface area (Å²) < 4.78 is 30.5. The van der Waals surface area contributed by atoms with E-state index in [0.717, 1.165) is 6.42 Å². The van der Waals surface area contributed by atoms with Crippen LogP contribution in [0.25, 0.3) is 0 Å². The topological polar surface area (TPSA) is 89.0 Å². The highest BCUT2D eigenvalue weighted by atomic mass is 19.1. The summed E-state index contributed by atoms with van der Waals surface area (Å²) in [6.45, 7) is 3.61. The molecule has 0 spiro atoms. The summed E-state index contributed by atoms with van der Waals surface area (Å²) in [6.07, 6.45) is 1.79. The van der Waals surface area contributed by atoms with Gasteiger partial charge in [0, 0.05) is 19.7 Å². The van der Waals surface area contributed by atoms with E-state index in [4.69, 9.17) is 19.3 Å². The van der Waals surface area contributed by atoms with Gasteiger partial charge >= 0.3 is 0 Å². The average molecular weight is 342 g/mol. The molecule has 0 unspecified atom stereocenters. The van der Waals surface area contributed by atoms with Crippen LogP contribution in [0.3, 0.4) is 0 Å². The molecule has 0 bridgehead atoms. The van der Waals surface area contributed by atoms with E-state index < -0.39 is 5.82 Å². The Kier molecular flexibility index (Phi) is 6.13. The third-order valence-corrected chi connectivity index (χ3v) is 4.07. The molecule has 3 heterocycles. The van der Waals surface area contributed by atoms with E-state index in [-0.39, 0.29) is 31.2 Å². The van der Waals surface area contributed by atoms with Crippen LogP contribution in [0.15, 0.2) is 6.20 Å². The van der Waals surface area contributed by atoms with Crippen molar-refractivity contribution in [1.82, 2.24) is 9.97 Å². The molecule has 2 atom stereocenters. The molecule has 8 nitrogen and oxygen atoms in total. The molecule has 2 aliphatic heterocycles. The Balaban J connectivity index is 1.69. The summed E-state index contributed by atoms with van der Waals surface area (Å²) in [5, 5.41) is 12.1. The highest BCUT2D eigenvalue weighted by Crippen LogP contribution is 2.20. The van der Waals surface area contributed by atoms with Crippen molar-refractivity contribution in [2.24, 2.45) is 0 Å². The van der Waals surface area contributed by atoms with Gasteiger partial charge in [-0.1, -0.05) is 0 Å². The monoisotopic (exact) mass is 342 g/mol. The van der Waals surface area contributed by atoms with Gasteiger partial charge in [-0.15, -0.1) is 0 Å². The zero-order valence-electron chi connectivity index (χ0n) is 13.5. The van der Waals surface area contributed by atoms with Crippen molar-refractivity contribution in [1.29, 1.82) is 0 Å². The lowest BCUT2D eigenvalue weighted by molar-refractivity contribution is -0.0493. The van der Waals surface area contributed by atoms with E-state index >= 15 is 0 Å². The molecule has 0 saturated carbocycles. The van der Waals surface area contributed by atoms with Crippen molar-refractivity contribution in [2.45, 2.75) is 18.6 Å².